The number of aromatic nitrogens is 4. The number of carbonyl (C=O) groups excluding carboxylic acids is 1. The second-order valence-electron chi connectivity index (χ2n) is 7.69. The van der Waals surface area contributed by atoms with E-state index in [1.165, 1.54) is 0 Å². The fourth-order valence-corrected chi connectivity index (χ4v) is 3.61. The van der Waals surface area contributed by atoms with Crippen LogP contribution in [0.5, 0.6) is 0 Å². The molecule has 8 heteroatoms. The van der Waals surface area contributed by atoms with Crippen molar-refractivity contribution < 1.29 is 4.79 Å². The molecular weight excluding hydrogens is 342 g/mol. The van der Waals surface area contributed by atoms with Gasteiger partial charge >= 0.3 is 0 Å². The Labute approximate surface area is 159 Å². The number of aryl methyl sites for hydroxylation is 2. The number of anilines is 1. The summed E-state index contributed by atoms with van der Waals surface area (Å²) in [5.41, 5.74) is 8.94. The first kappa shape index (κ1) is 17.9. The molecule has 2 N–H and O–H groups in total. The van der Waals surface area contributed by atoms with Gasteiger partial charge in [-0.3, -0.25) is 9.48 Å². The molecule has 2 aliphatic rings. The highest BCUT2D eigenvalue weighted by Crippen LogP contribution is 2.30. The Morgan fingerprint density at radius 2 is 2.07 bits per heavy atom. The van der Waals surface area contributed by atoms with Gasteiger partial charge in [-0.1, -0.05) is 0 Å². The number of amides is 1. The van der Waals surface area contributed by atoms with Crippen LogP contribution in [-0.4, -0.2) is 55.7 Å². The van der Waals surface area contributed by atoms with Crippen LogP contribution in [0.2, 0.25) is 0 Å². The summed E-state index contributed by atoms with van der Waals surface area (Å²) in [5.74, 6) is 1.02. The van der Waals surface area contributed by atoms with E-state index in [4.69, 9.17) is 5.73 Å². The van der Waals surface area contributed by atoms with Gasteiger partial charge in [0.15, 0.2) is 0 Å². The molecule has 1 amide bonds. The van der Waals surface area contributed by atoms with Crippen LogP contribution in [0.15, 0.2) is 12.3 Å². The molecule has 1 aliphatic carbocycles. The van der Waals surface area contributed by atoms with Crippen molar-refractivity contribution in [3.05, 3.63) is 35.0 Å². The van der Waals surface area contributed by atoms with Gasteiger partial charge in [-0.15, -0.1) is 0 Å². The average Bonchev–Trinajstić information content (AvgIpc) is 3.27. The third kappa shape index (κ3) is 3.53. The number of nitrogens with zero attached hydrogens (tertiary/aromatic N) is 6. The summed E-state index contributed by atoms with van der Waals surface area (Å²) in [6, 6.07) is 2.37. The largest absolute Gasteiger partial charge is 0.355 e. The van der Waals surface area contributed by atoms with Crippen molar-refractivity contribution in [2.75, 3.05) is 18.0 Å². The first-order chi connectivity index (χ1) is 12.9. The van der Waals surface area contributed by atoms with Crippen molar-refractivity contribution in [2.24, 2.45) is 12.8 Å². The van der Waals surface area contributed by atoms with E-state index in [0.29, 0.717) is 6.54 Å². The quantitative estimate of drug-likeness (QED) is 0.850. The summed E-state index contributed by atoms with van der Waals surface area (Å²) >= 11 is 0. The highest BCUT2D eigenvalue weighted by atomic mass is 16.2. The molecule has 1 aliphatic heterocycles. The molecule has 2 fully saturated rings. The van der Waals surface area contributed by atoms with E-state index in [1.54, 1.807) is 10.9 Å². The molecule has 0 aromatic carbocycles. The summed E-state index contributed by atoms with van der Waals surface area (Å²) < 4.78 is 1.81. The van der Waals surface area contributed by atoms with Crippen LogP contribution < -0.4 is 10.6 Å². The van der Waals surface area contributed by atoms with Crippen LogP contribution in [0.25, 0.3) is 0 Å². The fraction of sp³-hybridized carbons (Fsp3) is 0.579. The molecule has 0 spiro atoms. The normalized spacial score (nSPS) is 19.6. The topological polar surface area (TPSA) is 93.2 Å². The van der Waals surface area contributed by atoms with Crippen LogP contribution in [0.4, 0.5) is 5.82 Å². The molecule has 1 atom stereocenters. The zero-order valence-corrected chi connectivity index (χ0v) is 16.2. The molecule has 8 nitrogen and oxygen atoms in total. The van der Waals surface area contributed by atoms with Gasteiger partial charge in [-0.05, 0) is 39.2 Å². The van der Waals surface area contributed by atoms with E-state index in [0.717, 1.165) is 55.1 Å². The summed E-state index contributed by atoms with van der Waals surface area (Å²) in [6.45, 7) is 6.12. The van der Waals surface area contributed by atoms with Crippen LogP contribution in [0.3, 0.4) is 0 Å². The van der Waals surface area contributed by atoms with E-state index >= 15 is 0 Å². The minimum Gasteiger partial charge on any atom is -0.355 e. The summed E-state index contributed by atoms with van der Waals surface area (Å²) in [6.07, 6.45) is 4.76. The molecule has 144 valence electrons. The van der Waals surface area contributed by atoms with E-state index in [2.05, 4.69) is 20.0 Å². The van der Waals surface area contributed by atoms with Gasteiger partial charge in [0.1, 0.15) is 5.82 Å². The number of hydrogen-bond donors (Lipinski definition) is 1. The van der Waals surface area contributed by atoms with Gasteiger partial charge < -0.3 is 15.5 Å². The minimum atomic E-state index is -0.105. The SMILES string of the molecule is Cc1nc(C(=O)N(Cc2ccnn2C)C2CC2)nc(N2CC[C@@H](N)C2)c1C. The molecule has 1 saturated carbocycles. The van der Waals surface area contributed by atoms with Crippen LogP contribution in [0.1, 0.15) is 46.8 Å². The van der Waals surface area contributed by atoms with E-state index < -0.39 is 0 Å². The molecule has 3 heterocycles. The monoisotopic (exact) mass is 369 g/mol. The molecular formula is C19H27N7O. The Hall–Kier alpha value is -2.48. The molecule has 4 rings (SSSR count). The van der Waals surface area contributed by atoms with Gasteiger partial charge in [-0.25, -0.2) is 9.97 Å². The zero-order valence-electron chi connectivity index (χ0n) is 16.2. The molecule has 0 unspecified atom stereocenters. The highest BCUT2D eigenvalue weighted by Gasteiger charge is 2.35. The standard InChI is InChI=1S/C19H27N7O/c1-12-13(2)22-17(23-18(12)25-9-7-14(20)10-25)19(27)26(15-4-5-15)11-16-6-8-21-24(16)3/h6,8,14-15H,4-5,7,9-11,20H2,1-3H3/t14-/m1/s1. The Balaban J connectivity index is 1.63. The second kappa shape index (κ2) is 6.92. The van der Waals surface area contributed by atoms with Gasteiger partial charge in [0.2, 0.25) is 5.82 Å². The number of carbonyl (C=O) groups is 1. The van der Waals surface area contributed by atoms with Gasteiger partial charge in [0, 0.05) is 49.7 Å². The van der Waals surface area contributed by atoms with Crippen molar-refractivity contribution in [3.8, 4) is 0 Å². The highest BCUT2D eigenvalue weighted by molar-refractivity contribution is 5.91. The minimum absolute atomic E-state index is 0.105. The summed E-state index contributed by atoms with van der Waals surface area (Å²) in [5, 5.41) is 4.21. The second-order valence-corrected chi connectivity index (χ2v) is 7.69. The summed E-state index contributed by atoms with van der Waals surface area (Å²) in [7, 11) is 1.89. The lowest BCUT2D eigenvalue weighted by Crippen LogP contribution is -2.35. The Morgan fingerprint density at radius 1 is 1.30 bits per heavy atom. The van der Waals surface area contributed by atoms with Crippen molar-refractivity contribution in [1.29, 1.82) is 0 Å². The van der Waals surface area contributed by atoms with Crippen molar-refractivity contribution in [1.82, 2.24) is 24.6 Å². The molecule has 0 bridgehead atoms. The van der Waals surface area contributed by atoms with Crippen LogP contribution in [-0.2, 0) is 13.6 Å². The van der Waals surface area contributed by atoms with E-state index in [9.17, 15) is 4.79 Å². The third-order valence-electron chi connectivity index (χ3n) is 5.58. The predicted molar refractivity (Wildman–Crippen MR) is 102 cm³/mol. The number of rotatable bonds is 5. The molecule has 27 heavy (non-hydrogen) atoms. The van der Waals surface area contributed by atoms with Crippen LogP contribution >= 0.6 is 0 Å². The third-order valence-corrected chi connectivity index (χ3v) is 5.58. The lowest BCUT2D eigenvalue weighted by molar-refractivity contribution is 0.0713. The first-order valence-electron chi connectivity index (χ1n) is 9.57. The summed E-state index contributed by atoms with van der Waals surface area (Å²) in [4.78, 5) is 26.6. The number of nitrogens with two attached hydrogens (primary N) is 1. The maximum Gasteiger partial charge on any atom is 0.292 e. The fourth-order valence-electron chi connectivity index (χ4n) is 3.61. The van der Waals surface area contributed by atoms with E-state index in [1.807, 2.05) is 31.9 Å². The predicted octanol–water partition coefficient (Wildman–Crippen LogP) is 1.17. The Kier molecular flexibility index (Phi) is 4.59. The molecule has 2 aromatic heterocycles. The molecule has 2 aromatic rings. The molecule has 1 saturated heterocycles. The lowest BCUT2D eigenvalue weighted by atomic mass is 10.2. The van der Waals surface area contributed by atoms with Crippen LogP contribution in [0, 0.1) is 13.8 Å². The van der Waals surface area contributed by atoms with Crippen molar-refractivity contribution in [2.45, 2.75) is 51.7 Å². The Bertz CT molecular complexity index is 858. The van der Waals surface area contributed by atoms with Gasteiger partial charge in [0.25, 0.3) is 5.91 Å². The lowest BCUT2D eigenvalue weighted by Gasteiger charge is -2.24. The number of hydrogen-bond acceptors (Lipinski definition) is 6. The maximum atomic E-state index is 13.3. The Morgan fingerprint density at radius 3 is 2.67 bits per heavy atom. The molecule has 0 radical (unpaired) electrons. The zero-order chi connectivity index (χ0) is 19.1. The van der Waals surface area contributed by atoms with E-state index in [-0.39, 0.29) is 23.8 Å². The van der Waals surface area contributed by atoms with Crippen molar-refractivity contribution >= 4 is 11.7 Å². The smallest absolute Gasteiger partial charge is 0.292 e. The maximum absolute atomic E-state index is 13.3. The first-order valence-corrected chi connectivity index (χ1v) is 9.57. The average molecular weight is 369 g/mol. The van der Waals surface area contributed by atoms with Crippen molar-refractivity contribution in [3.63, 3.8) is 0 Å². The van der Waals surface area contributed by atoms with Gasteiger partial charge in [0.05, 0.1) is 12.2 Å². The van der Waals surface area contributed by atoms with Gasteiger partial charge in [-0.2, -0.15) is 5.10 Å².